The Morgan fingerprint density at radius 1 is 0.538 bits per heavy atom. The lowest BCUT2D eigenvalue weighted by molar-refractivity contribution is -0.235. The highest BCUT2D eigenvalue weighted by Crippen LogP contribution is 2.80. The quantitative estimate of drug-likeness (QED) is 0.0564. The number of aliphatic hydroxyl groups is 1. The molecule has 10 aliphatic rings. The van der Waals surface area contributed by atoms with E-state index in [-0.39, 0.29) is 135 Å². The number of amides is 1. The largest absolute Gasteiger partial charge is 0.481 e. The molecule has 0 heterocycles. The first-order valence-corrected chi connectivity index (χ1v) is 45.2. The second kappa shape index (κ2) is 32.7. The minimum atomic E-state index is -1.18. The summed E-state index contributed by atoms with van der Waals surface area (Å²) < 4.78 is 24.6. The fraction of sp³-hybridized carbons (Fsp3) is 0.753. The summed E-state index contributed by atoms with van der Waals surface area (Å²) in [5.41, 5.74) is 0.938. The molecule has 3 N–H and O–H groups in total. The number of hydrogen-bond acceptors (Lipinski definition) is 15. The molecule has 1 amide bonds. The van der Waals surface area contributed by atoms with Crippen molar-refractivity contribution in [2.75, 3.05) is 13.1 Å². The molecule has 0 bridgehead atoms. The number of ketones is 2. The van der Waals surface area contributed by atoms with Gasteiger partial charge in [0.2, 0.25) is 5.91 Å². The Morgan fingerprint density at radius 2 is 0.957 bits per heavy atom. The fourth-order valence-corrected chi connectivity index (χ4v) is 28.1. The third-order valence-corrected chi connectivity index (χ3v) is 34.8. The summed E-state index contributed by atoms with van der Waals surface area (Å²) in [7, 11) is -0.846. The Balaban J connectivity index is 0.000000231. The lowest BCUT2D eigenvalue weighted by Crippen LogP contribution is -2.66. The molecule has 2 aromatic rings. The van der Waals surface area contributed by atoms with E-state index in [1.807, 2.05) is 74.1 Å². The number of hydrogen-bond donors (Lipinski definition) is 3. The molecule has 18 atom stereocenters. The normalized spacial score (nSPS) is 34.7. The van der Waals surface area contributed by atoms with Crippen LogP contribution in [-0.2, 0) is 70.4 Å². The van der Waals surface area contributed by atoms with E-state index >= 15 is 0 Å². The van der Waals surface area contributed by atoms with Crippen LogP contribution < -0.4 is 0 Å². The number of aliphatic carboxylic acids is 1. The Bertz CT molecular complexity index is 4250. The van der Waals surface area contributed by atoms with Crippen molar-refractivity contribution in [1.82, 2.24) is 9.71 Å². The first-order chi connectivity index (χ1) is 54.0. The molecule has 8 saturated carbocycles. The zero-order chi connectivity index (χ0) is 86.9. The van der Waals surface area contributed by atoms with Gasteiger partial charge in [0.1, 0.15) is 23.9 Å². The van der Waals surface area contributed by atoms with Gasteiger partial charge in [0, 0.05) is 84.6 Å². The number of nitrogens with zero attached hydrogens (tertiary/aromatic N) is 2. The molecule has 2 aromatic carbocycles. The van der Waals surface area contributed by atoms with Crippen LogP contribution in [0.25, 0.3) is 0 Å². The molecular formula is C97H143BCl2N2O15. The van der Waals surface area contributed by atoms with Gasteiger partial charge in [-0.3, -0.25) is 38.4 Å². The summed E-state index contributed by atoms with van der Waals surface area (Å²) in [5, 5.41) is 34.5. The number of benzene rings is 2. The van der Waals surface area contributed by atoms with Gasteiger partial charge in [-0.25, -0.2) is 0 Å². The smallest absolute Gasteiger partial charge is 0.376 e. The molecule has 117 heavy (non-hydrogen) atoms. The first kappa shape index (κ1) is 92.3. The Kier molecular flexibility index (Phi) is 25.8. The molecule has 0 radical (unpaired) electrons. The molecule has 0 unspecified atom stereocenters. The van der Waals surface area contributed by atoms with Crippen LogP contribution in [0.4, 0.5) is 0 Å². The maximum atomic E-state index is 14.5. The van der Waals surface area contributed by atoms with Gasteiger partial charge in [-0.2, -0.15) is 0 Å². The highest BCUT2D eigenvalue weighted by atomic mass is 35.5. The number of ether oxygens (including phenoxy) is 4. The minimum Gasteiger partial charge on any atom is -0.481 e. The van der Waals surface area contributed by atoms with Gasteiger partial charge < -0.3 is 43.9 Å². The van der Waals surface area contributed by atoms with Gasteiger partial charge in [0.25, 0.3) is 0 Å². The average Bonchev–Trinajstić information content (AvgIpc) is 1.66. The number of Topliss-reactive ketones (excluding diaryl/α,β-unsaturated/α-hetero) is 2. The third-order valence-electron chi connectivity index (χ3n) is 34.1. The SMILES string of the molecule is CB(O)N(Cc1ccccc1Cl)C[C@H](OC(C)=O)[C@@]12CC[C@]3(C)[C@H](CC[C@@H]4[C@@]5(C)CC[C@H](OC(=O)CC(C)(C)C(=O)OC(C)(C)C)C(C)(C)[C@@H]5CC[C@]43C)C1=C(C(C)C)C(=O)C2.CC(=O)N(Cc1ccccc1Cl)C[C@@H](O)[C@@]12CC[C@]3(C)[C@H](CC[C@@H]4[C@@]5(C)CC[C@H](OC(=O)CC(C)(C)C(=O)O)C(C)(C)[C@@H]5CC[C@]43C)C1=C(C(C)C)C(=O)C2. The van der Waals surface area contributed by atoms with Crippen LogP contribution in [0.3, 0.4) is 0 Å². The highest BCUT2D eigenvalue weighted by Gasteiger charge is 2.74. The summed E-state index contributed by atoms with van der Waals surface area (Å²) in [4.78, 5) is 110. The molecule has 20 heteroatoms. The summed E-state index contributed by atoms with van der Waals surface area (Å²) in [6.45, 7) is 50.6. The van der Waals surface area contributed by atoms with Crippen LogP contribution in [0.1, 0.15) is 299 Å². The molecule has 17 nitrogen and oxygen atoms in total. The van der Waals surface area contributed by atoms with Crippen LogP contribution in [-0.4, -0.2) is 122 Å². The van der Waals surface area contributed by atoms with Crippen molar-refractivity contribution in [3.63, 3.8) is 0 Å². The van der Waals surface area contributed by atoms with Gasteiger partial charge >= 0.3 is 36.9 Å². The lowest BCUT2D eigenvalue weighted by atomic mass is 9.33. The van der Waals surface area contributed by atoms with Crippen LogP contribution in [0.5, 0.6) is 0 Å². The Morgan fingerprint density at radius 3 is 1.37 bits per heavy atom. The van der Waals surface area contributed by atoms with Crippen LogP contribution >= 0.6 is 23.2 Å². The summed E-state index contributed by atoms with van der Waals surface area (Å²) >= 11 is 13.1. The molecule has 648 valence electrons. The van der Waals surface area contributed by atoms with Crippen molar-refractivity contribution >= 4 is 77.6 Å². The van der Waals surface area contributed by atoms with Crippen molar-refractivity contribution in [3.8, 4) is 0 Å². The Hall–Kier alpha value is -5.40. The van der Waals surface area contributed by atoms with Crippen molar-refractivity contribution in [1.29, 1.82) is 0 Å². The molecule has 0 spiro atoms. The number of carboxylic acids is 1. The maximum Gasteiger partial charge on any atom is 0.376 e. The van der Waals surface area contributed by atoms with Gasteiger partial charge in [-0.05, 0) is 278 Å². The van der Waals surface area contributed by atoms with E-state index in [9.17, 15) is 53.6 Å². The predicted octanol–water partition coefficient (Wildman–Crippen LogP) is 20.3. The number of aliphatic hydroxyl groups excluding tert-OH is 1. The fourth-order valence-electron chi connectivity index (χ4n) is 27.7. The molecule has 0 aromatic heterocycles. The van der Waals surface area contributed by atoms with Gasteiger partial charge in [0.05, 0.1) is 29.8 Å². The number of allylic oxidation sites excluding steroid dienone is 2. The van der Waals surface area contributed by atoms with Crippen molar-refractivity contribution in [2.45, 2.75) is 338 Å². The highest BCUT2D eigenvalue weighted by molar-refractivity contribution is 6.45. The molecule has 0 aliphatic heterocycles. The molecule has 0 saturated heterocycles. The molecule has 10 aliphatic carbocycles. The van der Waals surface area contributed by atoms with E-state index in [0.717, 1.165) is 119 Å². The van der Waals surface area contributed by atoms with Gasteiger partial charge in [-0.1, -0.05) is 162 Å². The topological polar surface area (TPSA) is 241 Å². The molecule has 12 rings (SSSR count). The molecular weight excluding hydrogens is 1510 g/mol. The number of carbonyl (C=O) groups excluding carboxylic acids is 7. The van der Waals surface area contributed by atoms with Crippen molar-refractivity contribution in [3.05, 3.63) is 92.0 Å². The van der Waals surface area contributed by atoms with Crippen molar-refractivity contribution in [2.24, 2.45) is 112 Å². The number of carboxylic acid groups (broad SMARTS) is 1. The maximum absolute atomic E-state index is 14.5. The number of fused-ring (bicyclic) bond motifs is 14. The Labute approximate surface area is 710 Å². The van der Waals surface area contributed by atoms with E-state index < -0.39 is 64.4 Å². The summed E-state index contributed by atoms with van der Waals surface area (Å²) in [5.74, 6) is -0.539. The number of rotatable bonds is 22. The van der Waals surface area contributed by atoms with Crippen molar-refractivity contribution < 1.29 is 72.5 Å². The monoisotopic (exact) mass is 1660 g/mol. The lowest BCUT2D eigenvalue weighted by Gasteiger charge is -2.72. The number of esters is 4. The summed E-state index contributed by atoms with van der Waals surface area (Å²) in [6.07, 6.45) is 13.0. The molecule has 8 fully saturated rings. The summed E-state index contributed by atoms with van der Waals surface area (Å²) in [6, 6.07) is 15.1. The standard InChI is InChI=1S/C51H77BClNO8.C46H66ClNO7/c1-31(2)42-36(56)27-51(40(60-32(3)55)30-54(52(14)59)29-33-17-15-16-18-35(33)53)26-25-49(12)34(43(42)51)19-20-38-48(11)23-22-39(47(9,10)37(48)21-24-50(38,49)13)61-41(57)28-46(7,8)44(58)62-45(4,5)6;1-27(2)38-32(50)23-46(35(51)26-48(28(3)49)25-29-13-11-12-14-31(29)47)22-21-44(9)30(39(38)46)15-16-34-43(8)19-18-36(55-37(52)24-41(4,5)40(53)54)42(6,7)33(43)17-20-45(34,44)10/h15-18,31,34,37-40,59H,19-30H2,1-14H3;11-14,27,30,33-36,51H,15-26H2,1-10H3,(H,53,54)/t34-,37+,38-,39+,40+,48+,49-,50-,51+;30-,33+,34-,35-,36+,43+,44-,45-,46+/m11/s1. The van der Waals surface area contributed by atoms with Crippen LogP contribution in [0.2, 0.25) is 16.9 Å². The van der Waals surface area contributed by atoms with E-state index in [1.165, 1.54) is 25.0 Å². The zero-order valence-electron chi connectivity index (χ0n) is 75.5. The number of halogens is 2. The second-order valence-corrected chi connectivity index (χ2v) is 44.9. The van der Waals surface area contributed by atoms with Crippen LogP contribution in [0.15, 0.2) is 70.8 Å². The van der Waals surface area contributed by atoms with E-state index in [1.54, 1.807) is 39.4 Å². The van der Waals surface area contributed by atoms with E-state index in [2.05, 4.69) is 96.9 Å². The van der Waals surface area contributed by atoms with E-state index in [4.69, 9.17) is 42.1 Å². The number of carbonyl (C=O) groups is 8. The van der Waals surface area contributed by atoms with Crippen LogP contribution in [0, 0.1) is 112 Å². The van der Waals surface area contributed by atoms with E-state index in [0.29, 0.717) is 66.1 Å². The van der Waals surface area contributed by atoms with Gasteiger partial charge in [0.15, 0.2) is 11.6 Å². The average molecular weight is 1660 g/mol. The van der Waals surface area contributed by atoms with Gasteiger partial charge in [-0.15, -0.1) is 0 Å². The zero-order valence-corrected chi connectivity index (χ0v) is 77.0. The first-order valence-electron chi connectivity index (χ1n) is 44.4. The predicted molar refractivity (Wildman–Crippen MR) is 459 cm³/mol. The minimum absolute atomic E-state index is 0.00914. The second-order valence-electron chi connectivity index (χ2n) is 44.1. The third kappa shape index (κ3) is 16.2.